The molecule has 0 aliphatic carbocycles. The average molecular weight is 399 g/mol. The molecule has 0 aliphatic rings. The minimum atomic E-state index is -0.0280. The van der Waals surface area contributed by atoms with E-state index in [2.05, 4.69) is 5.16 Å². The number of carbonyl (C=O) groups excluding carboxylic acids is 1. The standard InChI is InChI=1S/C22H23ClN2O3/c1-4-25(13-17-6-5-7-19(23)12-17)22(26)18-8-10-20(11-9-18)27-14-21-15(2)24-28-16(21)3/h5-12H,4,13-14H2,1-3H3. The van der Waals surface area contributed by atoms with Crippen molar-refractivity contribution in [3.05, 3.63) is 81.7 Å². The lowest BCUT2D eigenvalue weighted by molar-refractivity contribution is 0.0752. The van der Waals surface area contributed by atoms with Crippen LogP contribution in [-0.2, 0) is 13.2 Å². The van der Waals surface area contributed by atoms with Crippen molar-refractivity contribution in [3.63, 3.8) is 0 Å². The third-order valence-electron chi connectivity index (χ3n) is 4.60. The zero-order valence-electron chi connectivity index (χ0n) is 16.2. The molecule has 3 aromatic rings. The van der Waals surface area contributed by atoms with E-state index in [0.29, 0.717) is 36.0 Å². The number of hydrogen-bond donors (Lipinski definition) is 0. The molecule has 3 rings (SSSR count). The molecule has 0 fully saturated rings. The monoisotopic (exact) mass is 398 g/mol. The van der Waals surface area contributed by atoms with Crippen LogP contribution >= 0.6 is 11.6 Å². The van der Waals surface area contributed by atoms with Gasteiger partial charge in [-0.25, -0.2) is 0 Å². The molecule has 0 N–H and O–H groups in total. The van der Waals surface area contributed by atoms with Crippen LogP contribution in [0.25, 0.3) is 0 Å². The molecule has 0 unspecified atom stereocenters. The molecular formula is C22H23ClN2O3. The maximum atomic E-state index is 12.8. The van der Waals surface area contributed by atoms with Crippen molar-refractivity contribution in [2.75, 3.05) is 6.54 Å². The second-order valence-corrected chi connectivity index (χ2v) is 7.00. The normalized spacial score (nSPS) is 10.7. The van der Waals surface area contributed by atoms with Gasteiger partial charge in [-0.2, -0.15) is 0 Å². The Morgan fingerprint density at radius 1 is 1.18 bits per heavy atom. The van der Waals surface area contributed by atoms with Gasteiger partial charge in [0.05, 0.1) is 11.3 Å². The lowest BCUT2D eigenvalue weighted by Crippen LogP contribution is -2.30. The van der Waals surface area contributed by atoms with Crippen LogP contribution in [0.1, 0.15) is 39.9 Å². The van der Waals surface area contributed by atoms with Crippen molar-refractivity contribution in [2.24, 2.45) is 0 Å². The first-order valence-corrected chi connectivity index (χ1v) is 9.54. The van der Waals surface area contributed by atoms with Gasteiger partial charge in [-0.05, 0) is 62.7 Å². The number of rotatable bonds is 7. The first kappa shape index (κ1) is 20.0. The summed E-state index contributed by atoms with van der Waals surface area (Å²) in [5.74, 6) is 1.41. The zero-order chi connectivity index (χ0) is 20.1. The Labute approximate surface area is 169 Å². The molecule has 0 saturated carbocycles. The maximum absolute atomic E-state index is 12.8. The number of nitrogens with zero attached hydrogens (tertiary/aromatic N) is 2. The Balaban J connectivity index is 1.65. The first-order chi connectivity index (χ1) is 13.5. The summed E-state index contributed by atoms with van der Waals surface area (Å²) >= 11 is 6.04. The van der Waals surface area contributed by atoms with E-state index in [-0.39, 0.29) is 5.91 Å². The van der Waals surface area contributed by atoms with Crippen LogP contribution in [0.15, 0.2) is 53.1 Å². The lowest BCUT2D eigenvalue weighted by atomic mass is 10.1. The van der Waals surface area contributed by atoms with Gasteiger partial charge < -0.3 is 14.2 Å². The number of amides is 1. The first-order valence-electron chi connectivity index (χ1n) is 9.16. The summed E-state index contributed by atoms with van der Waals surface area (Å²) < 4.78 is 10.9. The summed E-state index contributed by atoms with van der Waals surface area (Å²) in [7, 11) is 0. The summed E-state index contributed by atoms with van der Waals surface area (Å²) in [4.78, 5) is 14.6. The molecule has 1 heterocycles. The minimum absolute atomic E-state index is 0.0280. The van der Waals surface area contributed by atoms with Crippen molar-refractivity contribution in [1.82, 2.24) is 10.1 Å². The van der Waals surface area contributed by atoms with E-state index in [9.17, 15) is 4.79 Å². The van der Waals surface area contributed by atoms with Gasteiger partial charge in [-0.3, -0.25) is 4.79 Å². The van der Waals surface area contributed by atoms with Crippen molar-refractivity contribution in [3.8, 4) is 5.75 Å². The second-order valence-electron chi connectivity index (χ2n) is 6.57. The van der Waals surface area contributed by atoms with Crippen LogP contribution in [0.3, 0.4) is 0 Å². The van der Waals surface area contributed by atoms with Crippen LogP contribution in [0.2, 0.25) is 5.02 Å². The van der Waals surface area contributed by atoms with E-state index in [1.54, 1.807) is 29.2 Å². The van der Waals surface area contributed by atoms with E-state index in [0.717, 1.165) is 22.6 Å². The SMILES string of the molecule is CCN(Cc1cccc(Cl)c1)C(=O)c1ccc(OCc2c(C)noc2C)cc1. The zero-order valence-corrected chi connectivity index (χ0v) is 17.0. The Bertz CT molecular complexity index is 931. The van der Waals surface area contributed by atoms with Gasteiger partial charge in [-0.1, -0.05) is 28.9 Å². The number of halogens is 1. The summed E-state index contributed by atoms with van der Waals surface area (Å²) in [5.41, 5.74) is 3.39. The fraction of sp³-hybridized carbons (Fsp3) is 0.273. The molecule has 0 atom stereocenters. The quantitative estimate of drug-likeness (QED) is 0.549. The van der Waals surface area contributed by atoms with Gasteiger partial charge in [0, 0.05) is 23.7 Å². The molecule has 0 saturated heterocycles. The number of ether oxygens (including phenoxy) is 1. The van der Waals surface area contributed by atoms with Gasteiger partial charge in [0.15, 0.2) is 0 Å². The molecule has 6 heteroatoms. The topological polar surface area (TPSA) is 55.6 Å². The highest BCUT2D eigenvalue weighted by atomic mass is 35.5. The molecule has 1 aromatic heterocycles. The second kappa shape index (κ2) is 8.93. The lowest BCUT2D eigenvalue weighted by Gasteiger charge is -2.21. The van der Waals surface area contributed by atoms with E-state index in [1.807, 2.05) is 45.0 Å². The van der Waals surface area contributed by atoms with Gasteiger partial charge in [0.25, 0.3) is 5.91 Å². The van der Waals surface area contributed by atoms with Crippen LogP contribution in [0.4, 0.5) is 0 Å². The van der Waals surface area contributed by atoms with Crippen molar-refractivity contribution in [2.45, 2.75) is 33.9 Å². The Kier molecular flexibility index (Phi) is 6.37. The third-order valence-corrected chi connectivity index (χ3v) is 4.83. The van der Waals surface area contributed by atoms with Crippen molar-refractivity contribution in [1.29, 1.82) is 0 Å². The molecule has 1 amide bonds. The molecule has 146 valence electrons. The van der Waals surface area contributed by atoms with Crippen LogP contribution < -0.4 is 4.74 Å². The Morgan fingerprint density at radius 2 is 1.93 bits per heavy atom. The number of aryl methyl sites for hydroxylation is 2. The number of aromatic nitrogens is 1. The third kappa shape index (κ3) is 4.73. The van der Waals surface area contributed by atoms with Crippen LogP contribution in [0.5, 0.6) is 5.75 Å². The molecule has 0 spiro atoms. The molecule has 0 aliphatic heterocycles. The summed E-state index contributed by atoms with van der Waals surface area (Å²) in [6.07, 6.45) is 0. The van der Waals surface area contributed by atoms with E-state index >= 15 is 0 Å². The van der Waals surface area contributed by atoms with E-state index in [1.165, 1.54) is 0 Å². The molecule has 28 heavy (non-hydrogen) atoms. The molecule has 2 aromatic carbocycles. The van der Waals surface area contributed by atoms with Crippen LogP contribution in [-0.4, -0.2) is 22.5 Å². The predicted molar refractivity (Wildman–Crippen MR) is 109 cm³/mol. The van der Waals surface area contributed by atoms with E-state index < -0.39 is 0 Å². The highest BCUT2D eigenvalue weighted by molar-refractivity contribution is 6.30. The molecule has 5 nitrogen and oxygen atoms in total. The molecular weight excluding hydrogens is 376 g/mol. The van der Waals surface area contributed by atoms with Crippen molar-refractivity contribution >= 4 is 17.5 Å². The largest absolute Gasteiger partial charge is 0.489 e. The smallest absolute Gasteiger partial charge is 0.254 e. The molecule has 0 radical (unpaired) electrons. The minimum Gasteiger partial charge on any atom is -0.489 e. The highest BCUT2D eigenvalue weighted by Gasteiger charge is 2.15. The summed E-state index contributed by atoms with van der Waals surface area (Å²) in [6, 6.07) is 14.7. The highest BCUT2D eigenvalue weighted by Crippen LogP contribution is 2.19. The van der Waals surface area contributed by atoms with Gasteiger partial charge in [-0.15, -0.1) is 0 Å². The van der Waals surface area contributed by atoms with Crippen LogP contribution in [0, 0.1) is 13.8 Å². The van der Waals surface area contributed by atoms with E-state index in [4.69, 9.17) is 20.9 Å². The van der Waals surface area contributed by atoms with Crippen molar-refractivity contribution < 1.29 is 14.1 Å². The molecule has 0 bridgehead atoms. The number of carbonyl (C=O) groups is 1. The van der Waals surface area contributed by atoms with Gasteiger partial charge in [0.1, 0.15) is 18.1 Å². The van der Waals surface area contributed by atoms with Gasteiger partial charge in [0.2, 0.25) is 0 Å². The number of hydrogen-bond acceptors (Lipinski definition) is 4. The summed E-state index contributed by atoms with van der Waals surface area (Å²) in [6.45, 7) is 7.21. The average Bonchev–Trinajstić information content (AvgIpc) is 3.02. The fourth-order valence-corrected chi connectivity index (χ4v) is 3.14. The fourth-order valence-electron chi connectivity index (χ4n) is 2.92. The predicted octanol–water partition coefficient (Wildman–Crippen LogP) is 5.19. The summed E-state index contributed by atoms with van der Waals surface area (Å²) in [5, 5.41) is 4.59. The number of benzene rings is 2. The van der Waals surface area contributed by atoms with Gasteiger partial charge >= 0.3 is 0 Å². The Morgan fingerprint density at radius 3 is 2.54 bits per heavy atom. The maximum Gasteiger partial charge on any atom is 0.254 e. The Hall–Kier alpha value is -2.79.